The molecule has 1 fully saturated rings. The van der Waals surface area contributed by atoms with E-state index >= 15 is 0 Å². The van der Waals surface area contributed by atoms with Crippen LogP contribution >= 0.6 is 0 Å². The van der Waals surface area contributed by atoms with Gasteiger partial charge in [-0.2, -0.15) is 0 Å². The van der Waals surface area contributed by atoms with Crippen molar-refractivity contribution < 1.29 is 0 Å². The van der Waals surface area contributed by atoms with Gasteiger partial charge in [0.1, 0.15) is 0 Å². The van der Waals surface area contributed by atoms with Gasteiger partial charge in [-0.25, -0.2) is 4.99 Å². The number of aliphatic imine (C=N–C) groups is 1. The van der Waals surface area contributed by atoms with Crippen molar-refractivity contribution in [1.29, 1.82) is 5.41 Å². The van der Waals surface area contributed by atoms with Crippen molar-refractivity contribution >= 4 is 11.7 Å². The molecule has 0 unspecified atom stereocenters. The maximum atomic E-state index is 7.28. The zero-order valence-corrected chi connectivity index (χ0v) is 10.9. The van der Waals surface area contributed by atoms with Crippen LogP contribution < -0.4 is 5.73 Å². The largest absolute Gasteiger partial charge is 0.368 e. The Morgan fingerprint density at radius 1 is 1.35 bits per heavy atom. The molecule has 0 aromatic heterocycles. The molecule has 0 atom stereocenters. The normalized spacial score (nSPS) is 18.8. The van der Waals surface area contributed by atoms with Crippen LogP contribution in [0, 0.1) is 11.3 Å². The minimum atomic E-state index is -0.0723. The van der Waals surface area contributed by atoms with Crippen molar-refractivity contribution in [3.05, 3.63) is 12.2 Å². The highest BCUT2D eigenvalue weighted by Crippen LogP contribution is 2.26. The van der Waals surface area contributed by atoms with E-state index in [-0.39, 0.29) is 5.96 Å². The van der Waals surface area contributed by atoms with Crippen molar-refractivity contribution in [2.45, 2.75) is 58.3 Å². The van der Waals surface area contributed by atoms with E-state index < -0.39 is 0 Å². The molecule has 1 aliphatic carbocycles. The maximum absolute atomic E-state index is 7.28. The molecule has 17 heavy (non-hydrogen) atoms. The van der Waals surface area contributed by atoms with Crippen LogP contribution in [0.3, 0.4) is 0 Å². The summed E-state index contributed by atoms with van der Waals surface area (Å²) in [5.74, 6) is 0.671. The molecule has 3 nitrogen and oxygen atoms in total. The van der Waals surface area contributed by atoms with Gasteiger partial charge in [0.2, 0.25) is 5.96 Å². The number of unbranched alkanes of at least 4 members (excludes halogenated alkanes) is 1. The number of hydrogen-bond acceptors (Lipinski definition) is 1. The van der Waals surface area contributed by atoms with Crippen LogP contribution in [-0.4, -0.2) is 11.7 Å². The van der Waals surface area contributed by atoms with E-state index in [1.54, 1.807) is 0 Å². The molecule has 3 heteroatoms. The molecule has 1 aliphatic rings. The third-order valence-electron chi connectivity index (χ3n) is 3.25. The third-order valence-corrected chi connectivity index (χ3v) is 3.25. The van der Waals surface area contributed by atoms with Crippen LogP contribution in [0.25, 0.3) is 0 Å². The van der Waals surface area contributed by atoms with E-state index in [0.717, 1.165) is 30.9 Å². The number of allylic oxidation sites excluding steroid dienone is 2. The lowest BCUT2D eigenvalue weighted by molar-refractivity contribution is 0.368. The fraction of sp³-hybridized carbons (Fsp3) is 0.714. The Kier molecular flexibility index (Phi) is 6.60. The summed E-state index contributed by atoms with van der Waals surface area (Å²) >= 11 is 0. The molecule has 0 aromatic carbocycles. The highest BCUT2D eigenvalue weighted by Gasteiger charge is 2.14. The van der Waals surface area contributed by atoms with Crippen molar-refractivity contribution in [1.82, 2.24) is 0 Å². The topological polar surface area (TPSA) is 62.2 Å². The molecule has 0 aliphatic heterocycles. The van der Waals surface area contributed by atoms with E-state index in [2.05, 4.69) is 24.1 Å². The van der Waals surface area contributed by atoms with Gasteiger partial charge in [-0.05, 0) is 24.8 Å². The van der Waals surface area contributed by atoms with Crippen LogP contribution in [0.4, 0.5) is 0 Å². The zero-order valence-electron chi connectivity index (χ0n) is 10.9. The summed E-state index contributed by atoms with van der Waals surface area (Å²) < 4.78 is 0. The predicted octanol–water partition coefficient (Wildman–Crippen LogP) is 3.65. The first-order chi connectivity index (χ1) is 8.22. The zero-order chi connectivity index (χ0) is 12.5. The van der Waals surface area contributed by atoms with Crippen LogP contribution in [-0.2, 0) is 0 Å². The van der Waals surface area contributed by atoms with Crippen LogP contribution in [0.2, 0.25) is 0 Å². The molecule has 0 aromatic rings. The predicted molar refractivity (Wildman–Crippen MR) is 74.6 cm³/mol. The van der Waals surface area contributed by atoms with Crippen LogP contribution in [0.1, 0.15) is 58.3 Å². The van der Waals surface area contributed by atoms with E-state index in [1.807, 2.05) is 0 Å². The standard InChI is InChI=1S/C14H25N3/c1-2-3-5-10-13(17-14(15)16)11-12-8-6-4-7-9-12/h5,10,12H,2-4,6-9,11H2,1H3,(H3,15,16)/b10-5+,17-13+. The summed E-state index contributed by atoms with van der Waals surface area (Å²) in [7, 11) is 0. The Morgan fingerprint density at radius 2 is 2.06 bits per heavy atom. The van der Waals surface area contributed by atoms with Crippen molar-refractivity contribution in [3.63, 3.8) is 0 Å². The van der Waals surface area contributed by atoms with E-state index in [9.17, 15) is 0 Å². The molecule has 0 amide bonds. The van der Waals surface area contributed by atoms with Crippen molar-refractivity contribution in [2.24, 2.45) is 16.6 Å². The van der Waals surface area contributed by atoms with Gasteiger partial charge >= 0.3 is 0 Å². The number of nitrogens with zero attached hydrogens (tertiary/aromatic N) is 1. The molecule has 1 rings (SSSR count). The summed E-state index contributed by atoms with van der Waals surface area (Å²) in [5.41, 5.74) is 6.35. The van der Waals surface area contributed by atoms with Crippen molar-refractivity contribution in [3.8, 4) is 0 Å². The highest BCUT2D eigenvalue weighted by atomic mass is 15.0. The summed E-state index contributed by atoms with van der Waals surface area (Å²) in [6.45, 7) is 2.16. The van der Waals surface area contributed by atoms with Crippen molar-refractivity contribution in [2.75, 3.05) is 0 Å². The molecule has 96 valence electrons. The second-order valence-electron chi connectivity index (χ2n) is 4.89. The first-order valence-electron chi connectivity index (χ1n) is 6.80. The molecule has 0 bridgehead atoms. The quantitative estimate of drug-likeness (QED) is 0.554. The summed E-state index contributed by atoms with van der Waals surface area (Å²) in [6, 6.07) is 0. The lowest BCUT2D eigenvalue weighted by atomic mass is 9.85. The molecular weight excluding hydrogens is 210 g/mol. The average molecular weight is 235 g/mol. The van der Waals surface area contributed by atoms with Gasteiger partial charge in [0.15, 0.2) is 0 Å². The molecule has 0 heterocycles. The van der Waals surface area contributed by atoms with E-state index in [4.69, 9.17) is 11.1 Å². The van der Waals surface area contributed by atoms with Crippen LogP contribution in [0.15, 0.2) is 17.1 Å². The van der Waals surface area contributed by atoms with Gasteiger partial charge in [0.25, 0.3) is 0 Å². The molecule has 0 saturated heterocycles. The second kappa shape index (κ2) is 8.04. The van der Waals surface area contributed by atoms with Gasteiger partial charge in [0, 0.05) is 5.71 Å². The second-order valence-corrected chi connectivity index (χ2v) is 4.89. The highest BCUT2D eigenvalue weighted by molar-refractivity contribution is 6.02. The Labute approximate surface area is 105 Å². The fourth-order valence-electron chi connectivity index (χ4n) is 2.38. The van der Waals surface area contributed by atoms with Gasteiger partial charge < -0.3 is 5.73 Å². The Balaban J connectivity index is 2.53. The van der Waals surface area contributed by atoms with Gasteiger partial charge in [-0.1, -0.05) is 51.5 Å². The maximum Gasteiger partial charge on any atom is 0.212 e. The number of rotatable bonds is 5. The molecule has 3 N–H and O–H groups in total. The fourth-order valence-corrected chi connectivity index (χ4v) is 2.38. The van der Waals surface area contributed by atoms with E-state index in [0.29, 0.717) is 0 Å². The Hall–Kier alpha value is -1.12. The number of hydrogen-bond donors (Lipinski definition) is 2. The molecular formula is C14H25N3. The average Bonchev–Trinajstić information content (AvgIpc) is 2.30. The SMILES string of the molecule is CCC/C=C/C(CC1CCCCC1)=N\C(=N)N. The molecule has 0 spiro atoms. The molecule has 0 radical (unpaired) electrons. The van der Waals surface area contributed by atoms with Gasteiger partial charge in [-0.15, -0.1) is 0 Å². The smallest absolute Gasteiger partial charge is 0.212 e. The van der Waals surface area contributed by atoms with Gasteiger partial charge in [0.05, 0.1) is 0 Å². The lowest BCUT2D eigenvalue weighted by Crippen LogP contribution is -2.14. The number of nitrogens with one attached hydrogen (secondary N) is 1. The third kappa shape index (κ3) is 6.25. The first-order valence-corrected chi connectivity index (χ1v) is 6.80. The Morgan fingerprint density at radius 3 is 2.65 bits per heavy atom. The van der Waals surface area contributed by atoms with Crippen LogP contribution in [0.5, 0.6) is 0 Å². The summed E-state index contributed by atoms with van der Waals surface area (Å²) in [4.78, 5) is 4.13. The summed E-state index contributed by atoms with van der Waals surface area (Å²) in [6.07, 6.45) is 14.1. The van der Waals surface area contributed by atoms with Gasteiger partial charge in [-0.3, -0.25) is 5.41 Å². The Bertz CT molecular complexity index is 286. The number of guanidine groups is 1. The lowest BCUT2D eigenvalue weighted by Gasteiger charge is -2.21. The minimum Gasteiger partial charge on any atom is -0.368 e. The monoisotopic (exact) mass is 235 g/mol. The number of nitrogens with two attached hydrogens (primary N) is 1. The van der Waals surface area contributed by atoms with E-state index in [1.165, 1.54) is 32.1 Å². The first kappa shape index (κ1) is 13.9. The minimum absolute atomic E-state index is 0.0723. The molecule has 1 saturated carbocycles. The summed E-state index contributed by atoms with van der Waals surface area (Å²) in [5, 5.41) is 7.28.